The second-order valence-electron chi connectivity index (χ2n) is 6.17. The van der Waals surface area contributed by atoms with E-state index in [0.29, 0.717) is 39.9 Å². The molecule has 0 aliphatic carbocycles. The molecule has 8 heteroatoms. The van der Waals surface area contributed by atoms with Gasteiger partial charge in [-0.3, -0.25) is 9.59 Å². The van der Waals surface area contributed by atoms with Crippen LogP contribution in [-0.4, -0.2) is 20.9 Å². The van der Waals surface area contributed by atoms with Gasteiger partial charge in [0.1, 0.15) is 18.0 Å². The minimum atomic E-state index is -0.190. The molecule has 3 N–H and O–H groups in total. The smallest absolute Gasteiger partial charge is 0.256 e. The van der Waals surface area contributed by atoms with E-state index in [1.54, 1.807) is 24.3 Å². The quantitative estimate of drug-likeness (QED) is 0.644. The zero-order valence-electron chi connectivity index (χ0n) is 14.5. The Morgan fingerprint density at radius 3 is 2.85 bits per heavy atom. The summed E-state index contributed by atoms with van der Waals surface area (Å²) >= 11 is 6.07. The van der Waals surface area contributed by atoms with E-state index in [1.807, 2.05) is 13.0 Å². The molecule has 0 saturated heterocycles. The van der Waals surface area contributed by atoms with Gasteiger partial charge in [0.25, 0.3) is 5.56 Å². The Labute approximate surface area is 159 Å². The van der Waals surface area contributed by atoms with Crippen molar-refractivity contribution in [2.45, 2.75) is 19.8 Å². The van der Waals surface area contributed by atoms with E-state index in [9.17, 15) is 9.59 Å². The van der Waals surface area contributed by atoms with Crippen LogP contribution in [0.4, 0.5) is 17.3 Å². The summed E-state index contributed by atoms with van der Waals surface area (Å²) in [6.45, 7) is 1.95. The van der Waals surface area contributed by atoms with Gasteiger partial charge >= 0.3 is 0 Å². The summed E-state index contributed by atoms with van der Waals surface area (Å²) in [5.41, 5.74) is 3.20. The fourth-order valence-corrected chi connectivity index (χ4v) is 3.28. The zero-order valence-corrected chi connectivity index (χ0v) is 15.2. The van der Waals surface area contributed by atoms with Crippen LogP contribution in [-0.2, 0) is 17.6 Å². The molecule has 0 unspecified atom stereocenters. The molecular formula is C19H16ClN5O2. The van der Waals surface area contributed by atoms with E-state index < -0.39 is 0 Å². The molecule has 3 heterocycles. The molecule has 1 aliphatic rings. The number of nitrogens with zero attached hydrogens (tertiary/aromatic N) is 2. The SMILES string of the molecule is CCc1[nH]c(=O)c(-c2cccc(Cl)c2)cc1Nc1ncnc2c1CC(=O)N2. The average Bonchev–Trinajstić information content (AvgIpc) is 3.04. The van der Waals surface area contributed by atoms with E-state index in [-0.39, 0.29) is 17.9 Å². The molecule has 3 aromatic rings. The zero-order chi connectivity index (χ0) is 19.0. The number of aromatic amines is 1. The molecule has 1 amide bonds. The number of aromatic nitrogens is 3. The van der Waals surface area contributed by atoms with E-state index in [1.165, 1.54) is 6.33 Å². The molecule has 0 atom stereocenters. The van der Waals surface area contributed by atoms with Crippen molar-refractivity contribution in [2.24, 2.45) is 0 Å². The Balaban J connectivity index is 1.80. The highest BCUT2D eigenvalue weighted by molar-refractivity contribution is 6.30. The van der Waals surface area contributed by atoms with Crippen LogP contribution in [0.25, 0.3) is 11.1 Å². The number of pyridine rings is 1. The van der Waals surface area contributed by atoms with Gasteiger partial charge in [0, 0.05) is 21.8 Å². The van der Waals surface area contributed by atoms with Crippen LogP contribution in [0.2, 0.25) is 5.02 Å². The number of fused-ring (bicyclic) bond motifs is 1. The van der Waals surface area contributed by atoms with E-state index in [2.05, 4.69) is 25.6 Å². The van der Waals surface area contributed by atoms with Gasteiger partial charge in [-0.25, -0.2) is 9.97 Å². The van der Waals surface area contributed by atoms with Gasteiger partial charge in [0.15, 0.2) is 0 Å². The van der Waals surface area contributed by atoms with Gasteiger partial charge in [-0.1, -0.05) is 30.7 Å². The van der Waals surface area contributed by atoms with Gasteiger partial charge in [0.2, 0.25) is 5.91 Å². The maximum atomic E-state index is 12.5. The second-order valence-corrected chi connectivity index (χ2v) is 6.60. The highest BCUT2D eigenvalue weighted by atomic mass is 35.5. The van der Waals surface area contributed by atoms with Gasteiger partial charge in [0.05, 0.1) is 12.1 Å². The molecule has 0 fully saturated rings. The molecule has 1 aromatic carbocycles. The number of amides is 1. The topological polar surface area (TPSA) is 99.8 Å². The average molecular weight is 382 g/mol. The van der Waals surface area contributed by atoms with Gasteiger partial charge < -0.3 is 15.6 Å². The third-order valence-corrected chi connectivity index (χ3v) is 4.64. The Morgan fingerprint density at radius 2 is 2.07 bits per heavy atom. The van der Waals surface area contributed by atoms with Gasteiger partial charge in [-0.2, -0.15) is 0 Å². The second kappa shape index (κ2) is 6.85. The van der Waals surface area contributed by atoms with Crippen molar-refractivity contribution >= 4 is 34.8 Å². The normalized spacial score (nSPS) is 12.6. The van der Waals surface area contributed by atoms with Crippen molar-refractivity contribution in [1.82, 2.24) is 15.0 Å². The lowest BCUT2D eigenvalue weighted by Gasteiger charge is -2.14. The first-order valence-electron chi connectivity index (χ1n) is 8.48. The Bertz CT molecular complexity index is 1110. The number of halogens is 1. The van der Waals surface area contributed by atoms with Crippen LogP contribution in [0, 0.1) is 0 Å². The minimum absolute atomic E-state index is 0.120. The molecule has 0 spiro atoms. The number of H-pyrrole nitrogens is 1. The van der Waals surface area contributed by atoms with Crippen molar-refractivity contribution in [3.8, 4) is 11.1 Å². The number of hydrogen-bond donors (Lipinski definition) is 3. The number of nitrogens with one attached hydrogen (secondary N) is 3. The molecule has 0 radical (unpaired) electrons. The summed E-state index contributed by atoms with van der Waals surface area (Å²) in [4.78, 5) is 35.5. The van der Waals surface area contributed by atoms with Crippen molar-refractivity contribution in [1.29, 1.82) is 0 Å². The number of aryl methyl sites for hydroxylation is 1. The summed E-state index contributed by atoms with van der Waals surface area (Å²) in [5.74, 6) is 0.928. The van der Waals surface area contributed by atoms with Crippen LogP contribution in [0.3, 0.4) is 0 Å². The van der Waals surface area contributed by atoms with Gasteiger partial charge in [-0.15, -0.1) is 0 Å². The number of hydrogen-bond acceptors (Lipinski definition) is 5. The third-order valence-electron chi connectivity index (χ3n) is 4.41. The Kier molecular flexibility index (Phi) is 4.37. The van der Waals surface area contributed by atoms with E-state index in [4.69, 9.17) is 11.6 Å². The first-order chi connectivity index (χ1) is 13.0. The van der Waals surface area contributed by atoms with Crippen LogP contribution < -0.4 is 16.2 Å². The fraction of sp³-hybridized carbons (Fsp3) is 0.158. The molecular weight excluding hydrogens is 366 g/mol. The van der Waals surface area contributed by atoms with Crippen molar-refractivity contribution in [2.75, 3.05) is 10.6 Å². The molecule has 0 bridgehead atoms. The third kappa shape index (κ3) is 3.29. The molecule has 1 aliphatic heterocycles. The van der Waals surface area contributed by atoms with Gasteiger partial charge in [-0.05, 0) is 30.2 Å². The minimum Gasteiger partial charge on any atom is -0.338 e. The van der Waals surface area contributed by atoms with E-state index in [0.717, 1.165) is 11.3 Å². The maximum absolute atomic E-state index is 12.5. The molecule has 0 saturated carbocycles. The molecule has 136 valence electrons. The lowest BCUT2D eigenvalue weighted by molar-refractivity contribution is -0.115. The monoisotopic (exact) mass is 381 g/mol. The van der Waals surface area contributed by atoms with Crippen LogP contribution in [0.5, 0.6) is 0 Å². The number of carbonyl (C=O) groups is 1. The lowest BCUT2D eigenvalue weighted by atomic mass is 10.1. The van der Waals surface area contributed by atoms with Crippen LogP contribution in [0.15, 0.2) is 41.5 Å². The number of anilines is 3. The molecule has 7 nitrogen and oxygen atoms in total. The van der Waals surface area contributed by atoms with Crippen LogP contribution >= 0.6 is 11.6 Å². The van der Waals surface area contributed by atoms with Crippen molar-refractivity contribution in [3.05, 3.63) is 63.3 Å². The van der Waals surface area contributed by atoms with E-state index >= 15 is 0 Å². The van der Waals surface area contributed by atoms with Crippen LogP contribution in [0.1, 0.15) is 18.2 Å². The fourth-order valence-electron chi connectivity index (χ4n) is 3.09. The summed E-state index contributed by atoms with van der Waals surface area (Å²) < 4.78 is 0. The number of carbonyl (C=O) groups excluding carboxylic acids is 1. The summed E-state index contributed by atoms with van der Waals surface area (Å²) in [7, 11) is 0. The molecule has 2 aromatic heterocycles. The molecule has 27 heavy (non-hydrogen) atoms. The number of rotatable bonds is 4. The number of benzene rings is 1. The Hall–Kier alpha value is -3.19. The standard InChI is InChI=1S/C19H16ClN5O2/c1-2-14-15(23-17-13-8-16(26)25-18(13)22-9-21-17)7-12(19(27)24-14)10-4-3-5-11(20)6-10/h3-7,9H,2,8H2,1H3,(H,24,27)(H2,21,22,23,25,26). The predicted octanol–water partition coefficient (Wildman–Crippen LogP) is 3.29. The lowest BCUT2D eigenvalue weighted by Crippen LogP contribution is -2.14. The van der Waals surface area contributed by atoms with Crippen molar-refractivity contribution < 1.29 is 4.79 Å². The Morgan fingerprint density at radius 1 is 1.22 bits per heavy atom. The van der Waals surface area contributed by atoms with Crippen molar-refractivity contribution in [3.63, 3.8) is 0 Å². The summed E-state index contributed by atoms with van der Waals surface area (Å²) in [6.07, 6.45) is 2.23. The predicted molar refractivity (Wildman–Crippen MR) is 105 cm³/mol. The maximum Gasteiger partial charge on any atom is 0.256 e. The highest BCUT2D eigenvalue weighted by Crippen LogP contribution is 2.30. The summed E-state index contributed by atoms with van der Waals surface area (Å²) in [5, 5.41) is 6.51. The largest absolute Gasteiger partial charge is 0.338 e. The first-order valence-corrected chi connectivity index (χ1v) is 8.86. The highest BCUT2D eigenvalue weighted by Gasteiger charge is 2.23. The summed E-state index contributed by atoms with van der Waals surface area (Å²) in [6, 6.07) is 8.91. The molecule has 4 rings (SSSR count). The first kappa shape index (κ1) is 17.2.